The first kappa shape index (κ1) is 13.8. The molecule has 0 saturated carbocycles. The molecule has 5 heteroatoms. The van der Waals surface area contributed by atoms with Gasteiger partial charge in [0.15, 0.2) is 0 Å². The summed E-state index contributed by atoms with van der Waals surface area (Å²) in [5.41, 5.74) is 3.37. The van der Waals surface area contributed by atoms with Crippen molar-refractivity contribution in [3.05, 3.63) is 44.3 Å². The third-order valence-electron chi connectivity index (χ3n) is 2.69. The van der Waals surface area contributed by atoms with Crippen molar-refractivity contribution in [3.8, 4) is 0 Å². The van der Waals surface area contributed by atoms with Crippen LogP contribution in [0, 0.1) is 6.92 Å². The van der Waals surface area contributed by atoms with Gasteiger partial charge >= 0.3 is 0 Å². The second kappa shape index (κ2) is 6.04. The number of aryl methyl sites for hydroxylation is 1. The number of benzene rings is 1. The maximum atomic E-state index is 5.84. The van der Waals surface area contributed by atoms with Crippen LogP contribution in [0.25, 0.3) is 0 Å². The highest BCUT2D eigenvalue weighted by atomic mass is 79.9. The van der Waals surface area contributed by atoms with Crippen LogP contribution in [0.5, 0.6) is 0 Å². The van der Waals surface area contributed by atoms with Gasteiger partial charge < -0.3 is 4.90 Å². The normalized spacial score (nSPS) is 10.7. The topological polar surface area (TPSA) is 16.1 Å². The Labute approximate surface area is 125 Å². The van der Waals surface area contributed by atoms with E-state index in [2.05, 4.69) is 56.4 Å². The minimum absolute atomic E-state index is 0.524. The van der Waals surface area contributed by atoms with E-state index in [0.717, 1.165) is 33.0 Å². The van der Waals surface area contributed by atoms with Gasteiger partial charge in [0.05, 0.1) is 17.2 Å². The molecule has 0 aliphatic rings. The Bertz CT molecular complexity index is 542. The lowest BCUT2D eigenvalue weighted by Crippen LogP contribution is -2.16. The van der Waals surface area contributed by atoms with Crippen molar-refractivity contribution < 1.29 is 0 Å². The van der Waals surface area contributed by atoms with Crippen molar-refractivity contribution in [2.75, 3.05) is 11.9 Å². The molecule has 0 radical (unpaired) electrons. The van der Waals surface area contributed by atoms with Crippen LogP contribution in [0.2, 0.25) is 0 Å². The fourth-order valence-corrected chi connectivity index (χ4v) is 3.20. The molecular weight excluding hydrogens is 332 g/mol. The van der Waals surface area contributed by atoms with E-state index >= 15 is 0 Å². The average Bonchev–Trinajstić information content (AvgIpc) is 2.74. The van der Waals surface area contributed by atoms with E-state index < -0.39 is 0 Å². The van der Waals surface area contributed by atoms with Crippen LogP contribution in [0.1, 0.15) is 16.3 Å². The minimum atomic E-state index is 0.524. The van der Waals surface area contributed by atoms with Gasteiger partial charge in [0.2, 0.25) is 0 Å². The zero-order valence-electron chi connectivity index (χ0n) is 10.3. The molecule has 0 atom stereocenters. The Morgan fingerprint density at radius 2 is 2.22 bits per heavy atom. The molecular formula is C13H14BrClN2S. The first-order valence-electron chi connectivity index (χ1n) is 5.56. The number of thiazole rings is 1. The Kier molecular flexibility index (Phi) is 4.65. The Balaban J connectivity index is 2.13. The van der Waals surface area contributed by atoms with Crippen LogP contribution >= 0.6 is 38.9 Å². The highest BCUT2D eigenvalue weighted by molar-refractivity contribution is 9.10. The summed E-state index contributed by atoms with van der Waals surface area (Å²) in [7, 11) is 2.07. The van der Waals surface area contributed by atoms with Crippen molar-refractivity contribution in [1.82, 2.24) is 4.98 Å². The van der Waals surface area contributed by atoms with Crippen LogP contribution in [0.3, 0.4) is 0 Å². The molecule has 1 heterocycles. The number of nitrogens with zero attached hydrogens (tertiary/aromatic N) is 2. The maximum absolute atomic E-state index is 5.84. The molecule has 1 aromatic heterocycles. The molecule has 0 aliphatic heterocycles. The minimum Gasteiger partial charge on any atom is -0.369 e. The molecule has 0 amide bonds. The molecule has 0 saturated heterocycles. The van der Waals surface area contributed by atoms with Crippen LogP contribution in [0.15, 0.2) is 28.1 Å². The van der Waals surface area contributed by atoms with Gasteiger partial charge in [-0.3, -0.25) is 0 Å². The number of halogens is 2. The molecule has 0 N–H and O–H groups in total. The predicted molar refractivity (Wildman–Crippen MR) is 82.7 cm³/mol. The summed E-state index contributed by atoms with van der Waals surface area (Å²) in [6, 6.07) is 6.23. The summed E-state index contributed by atoms with van der Waals surface area (Å²) in [6.45, 7) is 2.84. The van der Waals surface area contributed by atoms with Crippen LogP contribution < -0.4 is 4.90 Å². The van der Waals surface area contributed by atoms with Gasteiger partial charge in [0, 0.05) is 28.5 Å². The van der Waals surface area contributed by atoms with Crippen molar-refractivity contribution in [2.24, 2.45) is 0 Å². The summed E-state index contributed by atoms with van der Waals surface area (Å²) in [4.78, 5) is 6.65. The predicted octanol–water partition coefficient (Wildman–Crippen LogP) is 4.59. The van der Waals surface area contributed by atoms with Crippen LogP contribution in [-0.4, -0.2) is 12.0 Å². The van der Waals surface area contributed by atoms with Crippen LogP contribution in [-0.2, 0) is 12.4 Å². The second-order valence-electron chi connectivity index (χ2n) is 4.12. The summed E-state index contributed by atoms with van der Waals surface area (Å²) in [5.74, 6) is 0.524. The Morgan fingerprint density at radius 1 is 1.44 bits per heavy atom. The van der Waals surface area contributed by atoms with E-state index in [-0.39, 0.29) is 0 Å². The fourth-order valence-electron chi connectivity index (χ4n) is 1.70. The van der Waals surface area contributed by atoms with Crippen LogP contribution in [0.4, 0.5) is 5.69 Å². The number of aromatic nitrogens is 1. The van der Waals surface area contributed by atoms with Gasteiger partial charge in [-0.25, -0.2) is 4.98 Å². The molecule has 2 rings (SSSR count). The lowest BCUT2D eigenvalue weighted by molar-refractivity contribution is 0.889. The monoisotopic (exact) mass is 344 g/mol. The van der Waals surface area contributed by atoms with Gasteiger partial charge in [-0.15, -0.1) is 22.9 Å². The zero-order chi connectivity index (χ0) is 13.1. The molecule has 0 bridgehead atoms. The molecule has 18 heavy (non-hydrogen) atoms. The third-order valence-corrected chi connectivity index (χ3v) is 4.54. The lowest BCUT2D eigenvalue weighted by Gasteiger charge is -2.19. The average molecular weight is 346 g/mol. The van der Waals surface area contributed by atoms with Crippen molar-refractivity contribution in [2.45, 2.75) is 19.3 Å². The van der Waals surface area contributed by atoms with E-state index in [1.807, 2.05) is 6.92 Å². The zero-order valence-corrected chi connectivity index (χ0v) is 13.4. The standard InChI is InChI=1S/C13H14BrClN2S/c1-9-16-11(8-18-9)7-17(2)12-4-3-10(6-15)13(14)5-12/h3-5,8H,6-7H2,1-2H3. The van der Waals surface area contributed by atoms with E-state index in [0.29, 0.717) is 5.88 Å². The third kappa shape index (κ3) is 3.25. The van der Waals surface area contributed by atoms with E-state index in [1.54, 1.807) is 11.3 Å². The molecule has 0 spiro atoms. The number of anilines is 1. The highest BCUT2D eigenvalue weighted by Crippen LogP contribution is 2.25. The number of alkyl halides is 1. The summed E-state index contributed by atoms with van der Waals surface area (Å²) >= 11 is 11.1. The van der Waals surface area contributed by atoms with Crippen molar-refractivity contribution in [3.63, 3.8) is 0 Å². The summed E-state index contributed by atoms with van der Waals surface area (Å²) in [6.07, 6.45) is 0. The number of hydrogen-bond acceptors (Lipinski definition) is 3. The van der Waals surface area contributed by atoms with Gasteiger partial charge in [-0.1, -0.05) is 22.0 Å². The van der Waals surface area contributed by atoms with E-state index in [4.69, 9.17) is 11.6 Å². The molecule has 96 valence electrons. The Morgan fingerprint density at radius 3 is 2.78 bits per heavy atom. The smallest absolute Gasteiger partial charge is 0.0898 e. The number of hydrogen-bond donors (Lipinski definition) is 0. The molecule has 0 aliphatic carbocycles. The van der Waals surface area contributed by atoms with Crippen molar-refractivity contribution >= 4 is 44.6 Å². The SMILES string of the molecule is Cc1nc(CN(C)c2ccc(CCl)c(Br)c2)cs1. The highest BCUT2D eigenvalue weighted by Gasteiger charge is 2.07. The lowest BCUT2D eigenvalue weighted by atomic mass is 10.2. The van der Waals surface area contributed by atoms with Gasteiger partial charge in [0.1, 0.15) is 0 Å². The Hall–Kier alpha value is -0.580. The van der Waals surface area contributed by atoms with Crippen molar-refractivity contribution in [1.29, 1.82) is 0 Å². The van der Waals surface area contributed by atoms with Gasteiger partial charge in [-0.2, -0.15) is 0 Å². The van der Waals surface area contributed by atoms with E-state index in [9.17, 15) is 0 Å². The first-order valence-corrected chi connectivity index (χ1v) is 7.77. The molecule has 0 fully saturated rings. The first-order chi connectivity index (χ1) is 8.60. The van der Waals surface area contributed by atoms with Gasteiger partial charge in [-0.05, 0) is 24.6 Å². The molecule has 2 aromatic rings. The molecule has 0 unspecified atom stereocenters. The second-order valence-corrected chi connectivity index (χ2v) is 6.31. The largest absolute Gasteiger partial charge is 0.369 e. The fraction of sp³-hybridized carbons (Fsp3) is 0.308. The summed E-state index contributed by atoms with van der Waals surface area (Å²) < 4.78 is 1.05. The van der Waals surface area contributed by atoms with E-state index in [1.165, 1.54) is 0 Å². The maximum Gasteiger partial charge on any atom is 0.0898 e. The summed E-state index contributed by atoms with van der Waals surface area (Å²) in [5, 5.41) is 3.21. The quantitative estimate of drug-likeness (QED) is 0.753. The number of rotatable bonds is 4. The molecule has 1 aromatic carbocycles. The van der Waals surface area contributed by atoms with Gasteiger partial charge in [0.25, 0.3) is 0 Å². The molecule has 2 nitrogen and oxygen atoms in total.